The molecule has 0 saturated heterocycles. The summed E-state index contributed by atoms with van der Waals surface area (Å²) in [4.78, 5) is 30.3. The normalized spacial score (nSPS) is 13.1. The standard InChI is InChI=1S/C25H25N3O4/c1-28(2)23-12-11-16(14-26-23)13-22(24(29)30)27-25(31)32-15-21-19-9-5-3-7-17(19)18-8-4-6-10-20(18)21/h3-12,14,21-22H,13,15H2,1-2H3,(H,27,31)(H,29,30)/t22-/m0/s1. The minimum absolute atomic E-state index is 0.0841. The van der Waals surface area contributed by atoms with Crippen LogP contribution in [0.4, 0.5) is 10.6 Å². The summed E-state index contributed by atoms with van der Waals surface area (Å²) in [7, 11) is 3.75. The van der Waals surface area contributed by atoms with E-state index in [-0.39, 0.29) is 18.9 Å². The Hall–Kier alpha value is -3.87. The highest BCUT2D eigenvalue weighted by Gasteiger charge is 2.29. The summed E-state index contributed by atoms with van der Waals surface area (Å²) in [5.74, 6) is -0.445. The van der Waals surface area contributed by atoms with Crippen LogP contribution in [0, 0.1) is 0 Å². The summed E-state index contributed by atoms with van der Waals surface area (Å²) >= 11 is 0. The molecule has 1 aromatic heterocycles. The lowest BCUT2D eigenvalue weighted by molar-refractivity contribution is -0.139. The van der Waals surface area contributed by atoms with E-state index in [4.69, 9.17) is 4.74 Å². The Balaban J connectivity index is 1.41. The average molecular weight is 431 g/mol. The second-order valence-corrected chi connectivity index (χ2v) is 7.98. The van der Waals surface area contributed by atoms with Crippen LogP contribution in [0.2, 0.25) is 0 Å². The Kier molecular flexibility index (Phi) is 6.07. The van der Waals surface area contributed by atoms with E-state index in [0.29, 0.717) is 5.56 Å². The highest BCUT2D eigenvalue weighted by atomic mass is 16.5. The number of aromatic nitrogens is 1. The van der Waals surface area contributed by atoms with Crippen molar-refractivity contribution < 1.29 is 19.4 Å². The third-order valence-corrected chi connectivity index (χ3v) is 5.64. The van der Waals surface area contributed by atoms with Gasteiger partial charge in [0.1, 0.15) is 18.5 Å². The predicted octanol–water partition coefficient (Wildman–Crippen LogP) is 3.68. The third kappa shape index (κ3) is 4.42. The van der Waals surface area contributed by atoms with Crippen molar-refractivity contribution in [1.29, 1.82) is 0 Å². The summed E-state index contributed by atoms with van der Waals surface area (Å²) in [6, 6.07) is 18.6. The summed E-state index contributed by atoms with van der Waals surface area (Å²) in [5, 5.41) is 12.0. The number of hydrogen-bond donors (Lipinski definition) is 2. The Morgan fingerprint density at radius 3 is 2.19 bits per heavy atom. The number of amides is 1. The van der Waals surface area contributed by atoms with Crippen molar-refractivity contribution in [1.82, 2.24) is 10.3 Å². The molecule has 0 aliphatic heterocycles. The van der Waals surface area contributed by atoms with E-state index in [9.17, 15) is 14.7 Å². The highest BCUT2D eigenvalue weighted by molar-refractivity contribution is 5.81. The number of nitrogens with one attached hydrogen (secondary N) is 1. The van der Waals surface area contributed by atoms with Crippen LogP contribution < -0.4 is 10.2 Å². The van der Waals surface area contributed by atoms with Crippen LogP contribution in [-0.4, -0.2) is 48.9 Å². The van der Waals surface area contributed by atoms with Crippen LogP contribution in [-0.2, 0) is 16.0 Å². The lowest BCUT2D eigenvalue weighted by Crippen LogP contribution is -2.43. The second kappa shape index (κ2) is 9.09. The monoisotopic (exact) mass is 431 g/mol. The van der Waals surface area contributed by atoms with Crippen molar-refractivity contribution in [3.63, 3.8) is 0 Å². The maximum atomic E-state index is 12.5. The van der Waals surface area contributed by atoms with E-state index in [1.54, 1.807) is 12.3 Å². The fraction of sp³-hybridized carbons (Fsp3) is 0.240. The van der Waals surface area contributed by atoms with E-state index in [1.165, 1.54) is 0 Å². The van der Waals surface area contributed by atoms with Crippen molar-refractivity contribution in [2.75, 3.05) is 25.6 Å². The smallest absolute Gasteiger partial charge is 0.407 e. The number of carbonyl (C=O) groups excluding carboxylic acids is 1. The van der Waals surface area contributed by atoms with E-state index >= 15 is 0 Å². The van der Waals surface area contributed by atoms with Gasteiger partial charge in [0.05, 0.1) is 0 Å². The number of carboxylic acids is 1. The molecule has 0 bridgehead atoms. The van der Waals surface area contributed by atoms with Crippen molar-refractivity contribution in [2.24, 2.45) is 0 Å². The van der Waals surface area contributed by atoms with Crippen LogP contribution in [0.3, 0.4) is 0 Å². The molecule has 2 N–H and O–H groups in total. The number of alkyl carbamates (subject to hydrolysis) is 1. The zero-order valence-electron chi connectivity index (χ0n) is 18.0. The van der Waals surface area contributed by atoms with Gasteiger partial charge in [0.15, 0.2) is 0 Å². The van der Waals surface area contributed by atoms with Gasteiger partial charge in [0, 0.05) is 32.6 Å². The molecule has 164 valence electrons. The van der Waals surface area contributed by atoms with E-state index in [2.05, 4.69) is 22.4 Å². The van der Waals surface area contributed by atoms with Crippen LogP contribution >= 0.6 is 0 Å². The van der Waals surface area contributed by atoms with E-state index < -0.39 is 18.1 Å². The first-order valence-electron chi connectivity index (χ1n) is 10.4. The molecule has 1 aliphatic carbocycles. The first-order chi connectivity index (χ1) is 15.4. The van der Waals surface area contributed by atoms with Gasteiger partial charge in [-0.25, -0.2) is 14.6 Å². The highest BCUT2D eigenvalue weighted by Crippen LogP contribution is 2.44. The number of hydrogen-bond acceptors (Lipinski definition) is 5. The molecule has 32 heavy (non-hydrogen) atoms. The Morgan fingerprint density at radius 2 is 1.66 bits per heavy atom. The largest absolute Gasteiger partial charge is 0.480 e. The second-order valence-electron chi connectivity index (χ2n) is 7.98. The molecule has 1 heterocycles. The number of carbonyl (C=O) groups is 2. The van der Waals surface area contributed by atoms with Crippen LogP contribution in [0.15, 0.2) is 66.9 Å². The fourth-order valence-electron chi connectivity index (χ4n) is 4.02. The van der Waals surface area contributed by atoms with Gasteiger partial charge in [-0.1, -0.05) is 54.6 Å². The lowest BCUT2D eigenvalue weighted by atomic mass is 9.98. The van der Waals surface area contributed by atoms with Crippen molar-refractivity contribution in [2.45, 2.75) is 18.4 Å². The molecule has 7 nitrogen and oxygen atoms in total. The molecular weight excluding hydrogens is 406 g/mol. The molecule has 7 heteroatoms. The van der Waals surface area contributed by atoms with Gasteiger partial charge in [-0.15, -0.1) is 0 Å². The average Bonchev–Trinajstić information content (AvgIpc) is 3.11. The number of pyridine rings is 1. The fourth-order valence-corrected chi connectivity index (χ4v) is 4.02. The van der Waals surface area contributed by atoms with Crippen molar-refractivity contribution >= 4 is 17.9 Å². The quantitative estimate of drug-likeness (QED) is 0.593. The molecule has 0 fully saturated rings. The summed E-state index contributed by atoms with van der Waals surface area (Å²) in [6.07, 6.45) is 0.974. The molecule has 0 saturated carbocycles. The van der Waals surface area contributed by atoms with Gasteiger partial charge in [-0.2, -0.15) is 0 Å². The van der Waals surface area contributed by atoms with Gasteiger partial charge >= 0.3 is 12.1 Å². The van der Waals surface area contributed by atoms with Crippen LogP contribution in [0.25, 0.3) is 11.1 Å². The van der Waals surface area contributed by atoms with Crippen LogP contribution in [0.5, 0.6) is 0 Å². The Bertz CT molecular complexity index is 1080. The number of benzene rings is 2. The molecule has 0 spiro atoms. The van der Waals surface area contributed by atoms with Gasteiger partial charge in [-0.05, 0) is 33.9 Å². The number of rotatable bonds is 7. The maximum Gasteiger partial charge on any atom is 0.407 e. The maximum absolute atomic E-state index is 12.5. The number of carboxylic acid groups (broad SMARTS) is 1. The van der Waals surface area contributed by atoms with Gasteiger partial charge in [0.25, 0.3) is 0 Å². The minimum atomic E-state index is -1.13. The summed E-state index contributed by atoms with van der Waals surface area (Å²) < 4.78 is 5.47. The number of nitrogens with zero attached hydrogens (tertiary/aromatic N) is 2. The van der Waals surface area contributed by atoms with Gasteiger partial charge in [0.2, 0.25) is 0 Å². The number of aliphatic carboxylic acids is 1. The first kappa shape index (κ1) is 21.4. The molecule has 0 radical (unpaired) electrons. The zero-order valence-corrected chi connectivity index (χ0v) is 18.0. The molecule has 0 unspecified atom stereocenters. The topological polar surface area (TPSA) is 91.8 Å². The Labute approximate surface area is 186 Å². The minimum Gasteiger partial charge on any atom is -0.480 e. The Morgan fingerprint density at radius 1 is 1.03 bits per heavy atom. The van der Waals surface area contributed by atoms with Gasteiger partial charge < -0.3 is 20.1 Å². The number of ether oxygens (including phenoxy) is 1. The third-order valence-electron chi connectivity index (χ3n) is 5.64. The van der Waals surface area contributed by atoms with E-state index in [0.717, 1.165) is 28.1 Å². The zero-order chi connectivity index (χ0) is 22.7. The first-order valence-corrected chi connectivity index (χ1v) is 10.4. The molecule has 2 aromatic carbocycles. The summed E-state index contributed by atoms with van der Waals surface area (Å²) in [5.41, 5.74) is 5.18. The predicted molar refractivity (Wildman–Crippen MR) is 122 cm³/mol. The number of anilines is 1. The SMILES string of the molecule is CN(C)c1ccc(C[C@H](NC(=O)OCC2c3ccccc3-c3ccccc32)C(=O)O)cn1. The molecule has 3 aromatic rings. The molecular formula is C25H25N3O4. The van der Waals surface area contributed by atoms with Crippen molar-refractivity contribution in [3.05, 3.63) is 83.6 Å². The van der Waals surface area contributed by atoms with E-state index in [1.807, 2.05) is 61.5 Å². The van der Waals surface area contributed by atoms with Crippen molar-refractivity contribution in [3.8, 4) is 11.1 Å². The molecule has 1 aliphatic rings. The van der Waals surface area contributed by atoms with Crippen LogP contribution in [0.1, 0.15) is 22.6 Å². The molecule has 1 atom stereocenters. The number of fused-ring (bicyclic) bond motifs is 3. The molecule has 1 amide bonds. The molecule has 4 rings (SSSR count). The lowest BCUT2D eigenvalue weighted by Gasteiger charge is -2.18. The van der Waals surface area contributed by atoms with Gasteiger partial charge in [-0.3, -0.25) is 0 Å². The summed E-state index contributed by atoms with van der Waals surface area (Å²) in [6.45, 7) is 0.130.